The molecular formula is C13H24N2O2. The highest BCUT2D eigenvalue weighted by Crippen LogP contribution is 2.23. The Morgan fingerprint density at radius 2 is 2.12 bits per heavy atom. The highest BCUT2D eigenvalue weighted by molar-refractivity contribution is 5.78. The Morgan fingerprint density at radius 1 is 1.35 bits per heavy atom. The number of hydrogen-bond donors (Lipinski definition) is 1. The second kappa shape index (κ2) is 6.36. The number of nitrogens with one attached hydrogen (secondary N) is 1. The lowest BCUT2D eigenvalue weighted by molar-refractivity contribution is -0.134. The minimum atomic E-state index is 0.228. The molecule has 2 rings (SSSR count). The van der Waals surface area contributed by atoms with Crippen molar-refractivity contribution in [3.8, 4) is 0 Å². The van der Waals surface area contributed by atoms with Gasteiger partial charge in [0.2, 0.25) is 5.91 Å². The summed E-state index contributed by atoms with van der Waals surface area (Å²) in [6.07, 6.45) is 5.08. The summed E-state index contributed by atoms with van der Waals surface area (Å²) in [5.41, 5.74) is 0. The lowest BCUT2D eigenvalue weighted by atomic mass is 9.87. The van der Waals surface area contributed by atoms with E-state index in [0.717, 1.165) is 19.0 Å². The van der Waals surface area contributed by atoms with Crippen LogP contribution in [0.2, 0.25) is 0 Å². The molecule has 98 valence electrons. The molecule has 0 radical (unpaired) electrons. The molecule has 2 atom stereocenters. The van der Waals surface area contributed by atoms with Gasteiger partial charge in [0.15, 0.2) is 0 Å². The third kappa shape index (κ3) is 3.96. The van der Waals surface area contributed by atoms with E-state index < -0.39 is 0 Å². The second-order valence-corrected chi connectivity index (χ2v) is 5.34. The molecular weight excluding hydrogens is 216 g/mol. The minimum absolute atomic E-state index is 0.228. The number of amides is 1. The fraction of sp³-hybridized carbons (Fsp3) is 0.923. The molecule has 1 saturated carbocycles. The Balaban J connectivity index is 1.68. The maximum atomic E-state index is 11.9. The standard InChI is InChI=1S/C13H24N2O2/c1-11-3-2-4-12(9-11)14-10-13(16)15-5-7-17-8-6-15/h11-12,14H,2-10H2,1H3. The van der Waals surface area contributed by atoms with Crippen molar-refractivity contribution in [2.45, 2.75) is 38.6 Å². The molecule has 2 aliphatic rings. The zero-order valence-corrected chi connectivity index (χ0v) is 10.8. The number of nitrogens with zero attached hydrogens (tertiary/aromatic N) is 1. The molecule has 2 unspecified atom stereocenters. The number of rotatable bonds is 3. The van der Waals surface area contributed by atoms with Gasteiger partial charge in [0, 0.05) is 19.1 Å². The van der Waals surface area contributed by atoms with Crippen LogP contribution in [-0.4, -0.2) is 49.7 Å². The average Bonchev–Trinajstić information content (AvgIpc) is 2.37. The summed E-state index contributed by atoms with van der Waals surface area (Å²) < 4.78 is 5.24. The second-order valence-electron chi connectivity index (χ2n) is 5.34. The van der Waals surface area contributed by atoms with Crippen LogP contribution in [0.15, 0.2) is 0 Å². The van der Waals surface area contributed by atoms with Gasteiger partial charge >= 0.3 is 0 Å². The van der Waals surface area contributed by atoms with Gasteiger partial charge in [0.25, 0.3) is 0 Å². The predicted molar refractivity (Wildman–Crippen MR) is 66.8 cm³/mol. The van der Waals surface area contributed by atoms with Gasteiger partial charge in [-0.05, 0) is 18.8 Å². The van der Waals surface area contributed by atoms with E-state index in [-0.39, 0.29) is 5.91 Å². The molecule has 17 heavy (non-hydrogen) atoms. The Morgan fingerprint density at radius 3 is 2.82 bits per heavy atom. The zero-order chi connectivity index (χ0) is 12.1. The molecule has 0 aromatic heterocycles. The SMILES string of the molecule is CC1CCCC(NCC(=O)N2CCOCC2)C1. The number of carbonyl (C=O) groups is 1. The van der Waals surface area contributed by atoms with E-state index in [0.29, 0.717) is 25.8 Å². The van der Waals surface area contributed by atoms with E-state index in [9.17, 15) is 4.79 Å². The molecule has 1 heterocycles. The molecule has 1 N–H and O–H groups in total. The summed E-state index contributed by atoms with van der Waals surface area (Å²) in [7, 11) is 0. The predicted octanol–water partition coefficient (Wildman–Crippen LogP) is 1.01. The van der Waals surface area contributed by atoms with Crippen molar-refractivity contribution in [2.24, 2.45) is 5.92 Å². The smallest absolute Gasteiger partial charge is 0.236 e. The number of hydrogen-bond acceptors (Lipinski definition) is 3. The summed E-state index contributed by atoms with van der Waals surface area (Å²) in [6.45, 7) is 5.68. The van der Waals surface area contributed by atoms with E-state index in [2.05, 4.69) is 12.2 Å². The van der Waals surface area contributed by atoms with E-state index in [1.165, 1.54) is 25.7 Å². The summed E-state index contributed by atoms with van der Waals surface area (Å²) in [5, 5.41) is 3.42. The Bertz CT molecular complexity index is 252. The van der Waals surface area contributed by atoms with Gasteiger partial charge in [-0.15, -0.1) is 0 Å². The normalized spacial score (nSPS) is 30.3. The van der Waals surface area contributed by atoms with Gasteiger partial charge in [-0.2, -0.15) is 0 Å². The van der Waals surface area contributed by atoms with Gasteiger partial charge in [0.05, 0.1) is 19.8 Å². The minimum Gasteiger partial charge on any atom is -0.378 e. The molecule has 4 heteroatoms. The molecule has 0 aromatic carbocycles. The van der Waals surface area contributed by atoms with Gasteiger partial charge in [-0.25, -0.2) is 0 Å². The van der Waals surface area contributed by atoms with Gasteiger partial charge in [0.1, 0.15) is 0 Å². The summed E-state index contributed by atoms with van der Waals surface area (Å²) in [6, 6.07) is 0.545. The first kappa shape index (κ1) is 12.8. The van der Waals surface area contributed by atoms with Crippen molar-refractivity contribution in [3.63, 3.8) is 0 Å². The van der Waals surface area contributed by atoms with Crippen molar-refractivity contribution in [1.82, 2.24) is 10.2 Å². The third-order valence-electron chi connectivity index (χ3n) is 3.84. The van der Waals surface area contributed by atoms with E-state index in [4.69, 9.17) is 4.74 Å². The molecule has 1 amide bonds. The Labute approximate surface area is 104 Å². The largest absolute Gasteiger partial charge is 0.378 e. The van der Waals surface area contributed by atoms with Crippen molar-refractivity contribution < 1.29 is 9.53 Å². The first-order valence-corrected chi connectivity index (χ1v) is 6.84. The topological polar surface area (TPSA) is 41.6 Å². The maximum Gasteiger partial charge on any atom is 0.236 e. The van der Waals surface area contributed by atoms with Crippen LogP contribution >= 0.6 is 0 Å². The maximum absolute atomic E-state index is 11.9. The van der Waals surface area contributed by atoms with Crippen LogP contribution in [0.4, 0.5) is 0 Å². The van der Waals surface area contributed by atoms with Crippen molar-refractivity contribution >= 4 is 5.91 Å². The number of morpholine rings is 1. The first-order valence-electron chi connectivity index (χ1n) is 6.84. The molecule has 0 bridgehead atoms. The van der Waals surface area contributed by atoms with E-state index in [1.807, 2.05) is 4.90 Å². The number of carbonyl (C=O) groups excluding carboxylic acids is 1. The molecule has 1 saturated heterocycles. The monoisotopic (exact) mass is 240 g/mol. The molecule has 0 aromatic rings. The Hall–Kier alpha value is -0.610. The van der Waals surface area contributed by atoms with Crippen LogP contribution in [0, 0.1) is 5.92 Å². The summed E-state index contributed by atoms with van der Waals surface area (Å²) in [4.78, 5) is 13.8. The van der Waals surface area contributed by atoms with Crippen LogP contribution < -0.4 is 5.32 Å². The van der Waals surface area contributed by atoms with E-state index >= 15 is 0 Å². The van der Waals surface area contributed by atoms with E-state index in [1.54, 1.807) is 0 Å². The van der Waals surface area contributed by atoms with Gasteiger partial charge in [-0.3, -0.25) is 4.79 Å². The first-order chi connectivity index (χ1) is 8.25. The quantitative estimate of drug-likeness (QED) is 0.800. The highest BCUT2D eigenvalue weighted by atomic mass is 16.5. The lowest BCUT2D eigenvalue weighted by Crippen LogP contribution is -2.47. The third-order valence-corrected chi connectivity index (χ3v) is 3.84. The molecule has 2 fully saturated rings. The van der Waals surface area contributed by atoms with Crippen LogP contribution in [0.25, 0.3) is 0 Å². The zero-order valence-electron chi connectivity index (χ0n) is 10.8. The van der Waals surface area contributed by atoms with Crippen molar-refractivity contribution in [2.75, 3.05) is 32.8 Å². The fourth-order valence-corrected chi connectivity index (χ4v) is 2.78. The molecule has 1 aliphatic heterocycles. The summed E-state index contributed by atoms with van der Waals surface area (Å²) in [5.74, 6) is 1.03. The molecule has 0 spiro atoms. The fourth-order valence-electron chi connectivity index (χ4n) is 2.78. The highest BCUT2D eigenvalue weighted by Gasteiger charge is 2.21. The molecule has 1 aliphatic carbocycles. The van der Waals surface area contributed by atoms with Crippen LogP contribution in [-0.2, 0) is 9.53 Å². The van der Waals surface area contributed by atoms with Crippen LogP contribution in [0.3, 0.4) is 0 Å². The van der Waals surface area contributed by atoms with Crippen LogP contribution in [0.5, 0.6) is 0 Å². The van der Waals surface area contributed by atoms with Crippen molar-refractivity contribution in [1.29, 1.82) is 0 Å². The van der Waals surface area contributed by atoms with Crippen LogP contribution in [0.1, 0.15) is 32.6 Å². The summed E-state index contributed by atoms with van der Waals surface area (Å²) >= 11 is 0. The van der Waals surface area contributed by atoms with Gasteiger partial charge in [-0.1, -0.05) is 19.8 Å². The average molecular weight is 240 g/mol. The number of ether oxygens (including phenoxy) is 1. The van der Waals surface area contributed by atoms with Gasteiger partial charge < -0.3 is 15.0 Å². The Kier molecular flexibility index (Phi) is 4.80. The lowest BCUT2D eigenvalue weighted by Gasteiger charge is -2.30. The molecule has 4 nitrogen and oxygen atoms in total. The van der Waals surface area contributed by atoms with Crippen molar-refractivity contribution in [3.05, 3.63) is 0 Å².